The molecule has 4 rings (SSSR count). The second-order valence-corrected chi connectivity index (χ2v) is 21.6. The van der Waals surface area contributed by atoms with E-state index in [4.69, 9.17) is 9.29 Å². The van der Waals surface area contributed by atoms with Crippen molar-refractivity contribution in [1.82, 2.24) is 5.32 Å². The predicted octanol–water partition coefficient (Wildman–Crippen LogP) is 13.1. The number of allylic oxidation sites excluding steroid dienone is 4. The van der Waals surface area contributed by atoms with Gasteiger partial charge in [0.1, 0.15) is 6.10 Å². The molecule has 0 heterocycles. The molecule has 9 unspecified atom stereocenters. The number of esters is 1. The number of fused-ring (bicyclic) bond motifs is 5. The zero-order valence-corrected chi connectivity index (χ0v) is 38.5. The van der Waals surface area contributed by atoms with Gasteiger partial charge in [-0.25, -0.2) is 0 Å². The van der Waals surface area contributed by atoms with Gasteiger partial charge in [0.25, 0.3) is 10.1 Å². The molecule has 9 atom stereocenters. The van der Waals surface area contributed by atoms with Crippen LogP contribution in [0.4, 0.5) is 0 Å². The van der Waals surface area contributed by atoms with Crippen LogP contribution in [0.1, 0.15) is 214 Å². The van der Waals surface area contributed by atoms with E-state index in [2.05, 4.69) is 57.3 Å². The SMILES string of the molecule is CCCCCCC/C=C\C/C=C\CCCCCCCCCCCC(=O)OC1CCC2(C)C(CCC3C2CCC2(C)C(C(C)CCC(=O)NCCS(=O)(=O)O)CCC32)C1. The zero-order chi connectivity index (χ0) is 41.9. The molecular weight excluding hydrogens is 743 g/mol. The van der Waals surface area contributed by atoms with Crippen molar-refractivity contribution in [3.05, 3.63) is 24.3 Å². The topological polar surface area (TPSA) is 110 Å². The minimum absolute atomic E-state index is 0.0281. The second kappa shape index (κ2) is 25.3. The molecule has 0 aromatic rings. The van der Waals surface area contributed by atoms with E-state index in [1.807, 2.05) is 0 Å². The molecule has 2 N–H and O–H groups in total. The third-order valence-electron chi connectivity index (χ3n) is 16.0. The fraction of sp³-hybridized carbons (Fsp3) is 0.880. The average Bonchev–Trinajstić information content (AvgIpc) is 3.54. The first-order chi connectivity index (χ1) is 27.9. The summed E-state index contributed by atoms with van der Waals surface area (Å²) in [6.45, 7) is 9.68. The molecule has 4 aliphatic carbocycles. The molecule has 1 amide bonds. The Morgan fingerprint density at radius 3 is 2.00 bits per heavy atom. The maximum Gasteiger partial charge on any atom is 0.306 e. The van der Waals surface area contributed by atoms with Crippen molar-refractivity contribution in [2.24, 2.45) is 46.3 Å². The quantitative estimate of drug-likeness (QED) is 0.0352. The molecule has 0 spiro atoms. The van der Waals surface area contributed by atoms with Crippen molar-refractivity contribution in [3.8, 4) is 0 Å². The normalized spacial score (nSPS) is 30.2. The highest BCUT2D eigenvalue weighted by molar-refractivity contribution is 7.85. The van der Waals surface area contributed by atoms with Crippen molar-refractivity contribution in [2.45, 2.75) is 220 Å². The van der Waals surface area contributed by atoms with E-state index in [1.54, 1.807) is 0 Å². The lowest BCUT2D eigenvalue weighted by Gasteiger charge is -2.61. The fourth-order valence-corrected chi connectivity index (χ4v) is 13.0. The van der Waals surface area contributed by atoms with Crippen LogP contribution >= 0.6 is 0 Å². The number of amides is 1. The molecule has 0 aromatic heterocycles. The Kier molecular flexibility index (Phi) is 21.4. The average molecular weight is 830 g/mol. The first-order valence-electron chi connectivity index (χ1n) is 24.6. The smallest absolute Gasteiger partial charge is 0.306 e. The maximum atomic E-state index is 12.9. The molecule has 7 nitrogen and oxygen atoms in total. The Hall–Kier alpha value is -1.67. The molecule has 8 heteroatoms. The Morgan fingerprint density at radius 2 is 1.34 bits per heavy atom. The molecule has 58 heavy (non-hydrogen) atoms. The van der Waals surface area contributed by atoms with Crippen LogP contribution in [0.25, 0.3) is 0 Å². The maximum absolute atomic E-state index is 12.9. The molecule has 0 aliphatic heterocycles. The van der Waals surface area contributed by atoms with Crippen LogP contribution in [0.15, 0.2) is 24.3 Å². The van der Waals surface area contributed by atoms with Crippen molar-refractivity contribution >= 4 is 22.0 Å². The van der Waals surface area contributed by atoms with Crippen LogP contribution in [-0.2, 0) is 24.4 Å². The van der Waals surface area contributed by atoms with Crippen molar-refractivity contribution in [3.63, 3.8) is 0 Å². The lowest BCUT2D eigenvalue weighted by Crippen LogP contribution is -2.54. The molecule has 0 aromatic carbocycles. The monoisotopic (exact) mass is 830 g/mol. The number of unbranched alkanes of at least 4 members (excludes halogenated alkanes) is 14. The van der Waals surface area contributed by atoms with Crippen LogP contribution < -0.4 is 5.32 Å². The lowest BCUT2D eigenvalue weighted by molar-refractivity contribution is -0.162. The van der Waals surface area contributed by atoms with Crippen LogP contribution in [0.2, 0.25) is 0 Å². The van der Waals surface area contributed by atoms with Gasteiger partial charge < -0.3 is 10.1 Å². The molecule has 334 valence electrons. The Bertz CT molecular complexity index is 1380. The number of rotatable bonds is 28. The van der Waals surface area contributed by atoms with E-state index in [0.717, 1.165) is 56.3 Å². The molecule has 4 aliphatic rings. The third kappa shape index (κ3) is 15.7. The number of hydrogen-bond acceptors (Lipinski definition) is 5. The molecule has 0 saturated heterocycles. The van der Waals surface area contributed by atoms with Crippen LogP contribution in [-0.4, -0.2) is 43.2 Å². The third-order valence-corrected chi connectivity index (χ3v) is 16.7. The van der Waals surface area contributed by atoms with Gasteiger partial charge in [-0.1, -0.05) is 123 Å². The number of carbonyl (C=O) groups is 2. The van der Waals surface area contributed by atoms with Gasteiger partial charge in [0, 0.05) is 19.4 Å². The summed E-state index contributed by atoms with van der Waals surface area (Å²) in [6, 6.07) is 0. The number of hydrogen-bond donors (Lipinski definition) is 2. The Morgan fingerprint density at radius 1 is 0.741 bits per heavy atom. The summed E-state index contributed by atoms with van der Waals surface area (Å²) >= 11 is 0. The Balaban J connectivity index is 1.03. The van der Waals surface area contributed by atoms with E-state index >= 15 is 0 Å². The highest BCUT2D eigenvalue weighted by Crippen LogP contribution is 2.68. The summed E-state index contributed by atoms with van der Waals surface area (Å²) in [5.41, 5.74) is 0.665. The fourth-order valence-electron chi connectivity index (χ4n) is 12.7. The molecule has 4 fully saturated rings. The van der Waals surface area contributed by atoms with E-state index in [-0.39, 0.29) is 24.5 Å². The number of nitrogens with one attached hydrogen (secondary N) is 1. The van der Waals surface area contributed by atoms with Gasteiger partial charge in [-0.2, -0.15) is 8.42 Å². The highest BCUT2D eigenvalue weighted by atomic mass is 32.2. The number of ether oxygens (including phenoxy) is 1. The predicted molar refractivity (Wildman–Crippen MR) is 240 cm³/mol. The summed E-state index contributed by atoms with van der Waals surface area (Å²) < 4.78 is 37.1. The van der Waals surface area contributed by atoms with Crippen molar-refractivity contribution < 1.29 is 27.3 Å². The minimum Gasteiger partial charge on any atom is -0.462 e. The second-order valence-electron chi connectivity index (χ2n) is 20.0. The standard InChI is InChI=1S/C50H87NO6S/c1-5-6-7-8-9-10-11-12-13-14-15-16-17-18-19-20-21-22-23-24-25-26-48(53)57-42-33-35-49(3)41(39-42)28-29-43-45-31-30-44(50(45,4)36-34-46(43)49)40(2)27-32-47(52)51-37-38-58(54,55)56/h11-12,14-15,40-46H,5-10,13,16-39H2,1-4H3,(H,51,52)(H,54,55,56)/b12-11-,15-14-. The van der Waals surface area contributed by atoms with Crippen LogP contribution in [0.3, 0.4) is 0 Å². The summed E-state index contributed by atoms with van der Waals surface area (Å²) in [5.74, 6) is 3.46. The first-order valence-corrected chi connectivity index (χ1v) is 26.2. The van der Waals surface area contributed by atoms with Crippen molar-refractivity contribution in [1.29, 1.82) is 0 Å². The van der Waals surface area contributed by atoms with Gasteiger partial charge >= 0.3 is 5.97 Å². The summed E-state index contributed by atoms with van der Waals surface area (Å²) in [6.07, 6.45) is 43.8. The zero-order valence-electron chi connectivity index (χ0n) is 37.7. The Labute approximate surface area is 356 Å². The minimum atomic E-state index is -4.07. The highest BCUT2D eigenvalue weighted by Gasteiger charge is 2.60. The van der Waals surface area contributed by atoms with Crippen molar-refractivity contribution in [2.75, 3.05) is 12.3 Å². The van der Waals surface area contributed by atoms with Gasteiger partial charge in [0.2, 0.25) is 5.91 Å². The summed E-state index contributed by atoms with van der Waals surface area (Å²) in [4.78, 5) is 25.3. The molecule has 0 bridgehead atoms. The largest absolute Gasteiger partial charge is 0.462 e. The van der Waals surface area contributed by atoms with E-state index in [1.165, 1.54) is 135 Å². The van der Waals surface area contributed by atoms with E-state index in [0.29, 0.717) is 41.4 Å². The molecule has 4 saturated carbocycles. The molecular formula is C50H87NO6S. The van der Waals surface area contributed by atoms with E-state index in [9.17, 15) is 18.0 Å². The van der Waals surface area contributed by atoms with Crippen LogP contribution in [0.5, 0.6) is 0 Å². The lowest BCUT2D eigenvalue weighted by atomic mass is 9.44. The number of carbonyl (C=O) groups excluding carboxylic acids is 2. The van der Waals surface area contributed by atoms with Gasteiger partial charge in [-0.3, -0.25) is 14.1 Å². The first kappa shape index (κ1) is 49.0. The van der Waals surface area contributed by atoms with Crippen LogP contribution in [0, 0.1) is 46.3 Å². The molecule has 0 radical (unpaired) electrons. The van der Waals surface area contributed by atoms with Gasteiger partial charge in [0.15, 0.2) is 0 Å². The summed E-state index contributed by atoms with van der Waals surface area (Å²) in [7, 11) is -4.07. The van der Waals surface area contributed by atoms with Gasteiger partial charge in [0.05, 0.1) is 5.75 Å². The van der Waals surface area contributed by atoms with E-state index < -0.39 is 15.9 Å². The van der Waals surface area contributed by atoms with Gasteiger partial charge in [-0.15, -0.1) is 0 Å². The van der Waals surface area contributed by atoms with Gasteiger partial charge in [-0.05, 0) is 149 Å². The summed E-state index contributed by atoms with van der Waals surface area (Å²) in [5, 5.41) is 2.66.